The molecule has 7 heteroatoms. The van der Waals surface area contributed by atoms with Gasteiger partial charge in [-0.3, -0.25) is 4.98 Å². The maximum atomic E-state index is 12.6. The fourth-order valence-corrected chi connectivity index (χ4v) is 3.77. The van der Waals surface area contributed by atoms with Gasteiger partial charge in [0.05, 0.1) is 23.2 Å². The lowest BCUT2D eigenvalue weighted by Crippen LogP contribution is -2.39. The number of pyridine rings is 1. The molecule has 1 aliphatic heterocycles. The van der Waals surface area contributed by atoms with Gasteiger partial charge >= 0.3 is 6.03 Å². The molecule has 0 radical (unpaired) electrons. The molecule has 128 valence electrons. The van der Waals surface area contributed by atoms with Crippen LogP contribution in [0.1, 0.15) is 30.1 Å². The molecule has 3 aromatic heterocycles. The number of hydrogen-bond donors (Lipinski definition) is 1. The van der Waals surface area contributed by atoms with Crippen LogP contribution in [0.25, 0.3) is 10.8 Å². The van der Waals surface area contributed by atoms with E-state index in [4.69, 9.17) is 4.42 Å². The van der Waals surface area contributed by atoms with Gasteiger partial charge in [0.25, 0.3) is 0 Å². The number of urea groups is 1. The lowest BCUT2D eigenvalue weighted by molar-refractivity contribution is 0.192. The number of nitrogens with zero attached hydrogens (tertiary/aromatic N) is 3. The summed E-state index contributed by atoms with van der Waals surface area (Å²) < 4.78 is 5.48. The van der Waals surface area contributed by atoms with Crippen molar-refractivity contribution in [2.75, 3.05) is 6.54 Å². The summed E-state index contributed by atoms with van der Waals surface area (Å²) in [5.41, 5.74) is 1.85. The number of rotatable bonds is 4. The van der Waals surface area contributed by atoms with E-state index in [1.54, 1.807) is 30.0 Å². The Bertz CT molecular complexity index is 832. The van der Waals surface area contributed by atoms with Crippen LogP contribution in [0.3, 0.4) is 0 Å². The largest absolute Gasteiger partial charge is 0.443 e. The minimum Gasteiger partial charge on any atom is -0.443 e. The van der Waals surface area contributed by atoms with E-state index in [9.17, 15) is 4.79 Å². The zero-order valence-corrected chi connectivity index (χ0v) is 14.4. The summed E-state index contributed by atoms with van der Waals surface area (Å²) >= 11 is 1.58. The number of hydrogen-bond acceptors (Lipinski definition) is 5. The second-order valence-corrected chi connectivity index (χ2v) is 6.86. The molecule has 2 amide bonds. The van der Waals surface area contributed by atoms with Gasteiger partial charge in [-0.25, -0.2) is 9.78 Å². The van der Waals surface area contributed by atoms with Gasteiger partial charge in [-0.15, -0.1) is 11.3 Å². The highest BCUT2D eigenvalue weighted by molar-refractivity contribution is 7.13. The third-order valence-corrected chi connectivity index (χ3v) is 5.17. The zero-order valence-electron chi connectivity index (χ0n) is 13.6. The van der Waals surface area contributed by atoms with Crippen molar-refractivity contribution in [2.45, 2.75) is 25.4 Å². The molecular weight excluding hydrogens is 336 g/mol. The first-order valence-corrected chi connectivity index (χ1v) is 9.12. The van der Waals surface area contributed by atoms with Crippen molar-refractivity contribution < 1.29 is 9.21 Å². The van der Waals surface area contributed by atoms with E-state index in [1.165, 1.54) is 0 Å². The van der Waals surface area contributed by atoms with Crippen LogP contribution < -0.4 is 5.32 Å². The molecule has 0 unspecified atom stereocenters. The maximum Gasteiger partial charge on any atom is 0.318 e. The van der Waals surface area contributed by atoms with Crippen molar-refractivity contribution in [2.24, 2.45) is 0 Å². The van der Waals surface area contributed by atoms with Gasteiger partial charge in [-0.1, -0.05) is 6.07 Å². The number of carbonyl (C=O) groups excluding carboxylic acids is 1. The van der Waals surface area contributed by atoms with Crippen molar-refractivity contribution in [3.63, 3.8) is 0 Å². The van der Waals surface area contributed by atoms with Gasteiger partial charge in [0.2, 0.25) is 5.89 Å². The van der Waals surface area contributed by atoms with Crippen LogP contribution in [-0.2, 0) is 6.54 Å². The number of carbonyl (C=O) groups is 1. The SMILES string of the molecule is O=C(NCc1coc(-c2cccs2)n1)N1CCC[C@@H]1c1ccncc1. The number of aromatic nitrogens is 2. The summed E-state index contributed by atoms with van der Waals surface area (Å²) in [6.07, 6.45) is 7.12. The lowest BCUT2D eigenvalue weighted by atomic mass is 10.1. The Kier molecular flexibility index (Phi) is 4.47. The molecule has 6 nitrogen and oxygen atoms in total. The molecule has 25 heavy (non-hydrogen) atoms. The monoisotopic (exact) mass is 354 g/mol. The van der Waals surface area contributed by atoms with Crippen LogP contribution in [0, 0.1) is 0 Å². The molecule has 1 fully saturated rings. The number of thiophene rings is 1. The van der Waals surface area contributed by atoms with E-state index < -0.39 is 0 Å². The standard InChI is InChI=1S/C18H18N4O2S/c23-18(22-9-1-3-15(22)13-5-7-19-8-6-13)20-11-14-12-24-17(21-14)16-4-2-10-25-16/h2,4-8,10,12,15H,1,3,9,11H2,(H,20,23)/t15-/m1/s1. The molecule has 0 saturated carbocycles. The van der Waals surface area contributed by atoms with Crippen LogP contribution in [-0.4, -0.2) is 27.4 Å². The van der Waals surface area contributed by atoms with E-state index >= 15 is 0 Å². The van der Waals surface area contributed by atoms with E-state index in [-0.39, 0.29) is 12.1 Å². The number of oxazole rings is 1. The fraction of sp³-hybridized carbons (Fsp3) is 0.278. The second-order valence-electron chi connectivity index (χ2n) is 5.91. The molecule has 4 heterocycles. The van der Waals surface area contributed by atoms with Crippen LogP contribution >= 0.6 is 11.3 Å². The van der Waals surface area contributed by atoms with Crippen molar-refractivity contribution >= 4 is 17.4 Å². The van der Waals surface area contributed by atoms with E-state index in [0.717, 1.165) is 35.5 Å². The predicted octanol–water partition coefficient (Wildman–Crippen LogP) is 3.84. The van der Waals surface area contributed by atoms with Crippen molar-refractivity contribution in [3.05, 3.63) is 59.6 Å². The van der Waals surface area contributed by atoms with Crippen LogP contribution in [0.2, 0.25) is 0 Å². The van der Waals surface area contributed by atoms with Gasteiger partial charge in [0, 0.05) is 18.9 Å². The van der Waals surface area contributed by atoms with E-state index in [2.05, 4.69) is 15.3 Å². The molecule has 1 saturated heterocycles. The van der Waals surface area contributed by atoms with Gasteiger partial charge in [0.1, 0.15) is 6.26 Å². The first-order chi connectivity index (χ1) is 12.3. The van der Waals surface area contributed by atoms with Gasteiger partial charge in [0.15, 0.2) is 0 Å². The second kappa shape index (κ2) is 7.06. The quantitative estimate of drug-likeness (QED) is 0.772. The summed E-state index contributed by atoms with van der Waals surface area (Å²) in [5.74, 6) is 0.593. The summed E-state index contributed by atoms with van der Waals surface area (Å²) in [5, 5.41) is 4.93. The molecule has 3 aromatic rings. The van der Waals surface area contributed by atoms with Crippen LogP contribution in [0.4, 0.5) is 4.79 Å². The molecule has 0 spiro atoms. The molecular formula is C18H18N4O2S. The molecule has 4 rings (SSSR count). The van der Waals surface area contributed by atoms with Gasteiger partial charge in [-0.05, 0) is 42.0 Å². The first kappa shape index (κ1) is 15.8. The molecule has 0 aliphatic carbocycles. The Hall–Kier alpha value is -2.67. The van der Waals surface area contributed by atoms with Crippen molar-refractivity contribution in [1.29, 1.82) is 0 Å². The minimum atomic E-state index is -0.0695. The lowest BCUT2D eigenvalue weighted by Gasteiger charge is -2.25. The summed E-state index contributed by atoms with van der Waals surface area (Å²) in [7, 11) is 0. The summed E-state index contributed by atoms with van der Waals surface area (Å²) in [6.45, 7) is 1.12. The smallest absolute Gasteiger partial charge is 0.318 e. The normalized spacial score (nSPS) is 17.0. The third kappa shape index (κ3) is 3.41. The maximum absolute atomic E-state index is 12.6. The summed E-state index contributed by atoms with van der Waals surface area (Å²) in [6, 6.07) is 7.91. The van der Waals surface area contributed by atoms with Crippen LogP contribution in [0.15, 0.2) is 52.7 Å². The Morgan fingerprint density at radius 1 is 1.36 bits per heavy atom. The van der Waals surface area contributed by atoms with E-state index in [0.29, 0.717) is 12.4 Å². The topological polar surface area (TPSA) is 71.3 Å². The Labute approximate surface area is 149 Å². The average Bonchev–Trinajstić information content (AvgIpc) is 3.41. The molecule has 1 aliphatic rings. The zero-order chi connectivity index (χ0) is 17.1. The first-order valence-electron chi connectivity index (χ1n) is 8.24. The molecule has 0 aromatic carbocycles. The minimum absolute atomic E-state index is 0.0695. The third-order valence-electron chi connectivity index (χ3n) is 4.31. The number of nitrogens with one attached hydrogen (secondary N) is 1. The Balaban J connectivity index is 1.39. The highest BCUT2D eigenvalue weighted by Gasteiger charge is 2.29. The van der Waals surface area contributed by atoms with E-state index in [1.807, 2.05) is 34.5 Å². The molecule has 0 bridgehead atoms. The Morgan fingerprint density at radius 2 is 2.24 bits per heavy atom. The van der Waals surface area contributed by atoms with Crippen molar-refractivity contribution in [1.82, 2.24) is 20.2 Å². The highest BCUT2D eigenvalue weighted by Crippen LogP contribution is 2.31. The summed E-state index contributed by atoms with van der Waals surface area (Å²) in [4.78, 5) is 23.9. The average molecular weight is 354 g/mol. The molecule has 1 atom stereocenters. The van der Waals surface area contributed by atoms with Gasteiger partial charge in [-0.2, -0.15) is 0 Å². The predicted molar refractivity (Wildman–Crippen MR) is 95.0 cm³/mol. The Morgan fingerprint density at radius 3 is 3.04 bits per heavy atom. The number of amides is 2. The van der Waals surface area contributed by atoms with Crippen molar-refractivity contribution in [3.8, 4) is 10.8 Å². The van der Waals surface area contributed by atoms with Gasteiger partial charge < -0.3 is 14.6 Å². The number of likely N-dealkylation sites (tertiary alicyclic amines) is 1. The molecule has 1 N–H and O–H groups in total. The van der Waals surface area contributed by atoms with Crippen LogP contribution in [0.5, 0.6) is 0 Å². The highest BCUT2D eigenvalue weighted by atomic mass is 32.1. The fourth-order valence-electron chi connectivity index (χ4n) is 3.11.